The SMILES string of the molecule is CCC(CNC)C(N)c1ccc2c(c1)ncn2C. The summed E-state index contributed by atoms with van der Waals surface area (Å²) < 4.78 is 2.02. The molecular weight excluding hydrogens is 224 g/mol. The van der Waals surface area contributed by atoms with E-state index in [1.54, 1.807) is 0 Å². The van der Waals surface area contributed by atoms with Gasteiger partial charge in [0.2, 0.25) is 0 Å². The second-order valence-electron chi connectivity index (χ2n) is 4.86. The molecule has 2 atom stereocenters. The maximum atomic E-state index is 6.36. The molecule has 0 radical (unpaired) electrons. The molecule has 2 rings (SSSR count). The van der Waals surface area contributed by atoms with Crippen molar-refractivity contribution in [2.75, 3.05) is 13.6 Å². The minimum atomic E-state index is 0.0638. The Morgan fingerprint density at radius 3 is 2.89 bits per heavy atom. The summed E-state index contributed by atoms with van der Waals surface area (Å²) in [7, 11) is 3.97. The van der Waals surface area contributed by atoms with Crippen LogP contribution in [-0.4, -0.2) is 23.1 Å². The Morgan fingerprint density at radius 2 is 2.22 bits per heavy atom. The first-order chi connectivity index (χ1) is 8.67. The van der Waals surface area contributed by atoms with Gasteiger partial charge in [0.25, 0.3) is 0 Å². The normalized spacial score (nSPS) is 14.9. The topological polar surface area (TPSA) is 55.9 Å². The Morgan fingerprint density at radius 1 is 1.44 bits per heavy atom. The molecule has 0 saturated carbocycles. The fourth-order valence-electron chi connectivity index (χ4n) is 2.42. The van der Waals surface area contributed by atoms with Crippen LogP contribution < -0.4 is 11.1 Å². The molecule has 0 fully saturated rings. The first-order valence-corrected chi connectivity index (χ1v) is 6.48. The van der Waals surface area contributed by atoms with Crippen molar-refractivity contribution in [1.82, 2.24) is 14.9 Å². The second kappa shape index (κ2) is 5.50. The summed E-state index contributed by atoms with van der Waals surface area (Å²) in [6, 6.07) is 6.39. The van der Waals surface area contributed by atoms with E-state index >= 15 is 0 Å². The Balaban J connectivity index is 2.29. The average molecular weight is 246 g/mol. The van der Waals surface area contributed by atoms with Crippen LogP contribution in [-0.2, 0) is 7.05 Å². The molecule has 0 amide bonds. The smallest absolute Gasteiger partial charge is 0.0955 e. The summed E-state index contributed by atoms with van der Waals surface area (Å²) >= 11 is 0. The summed E-state index contributed by atoms with van der Waals surface area (Å²) in [6.07, 6.45) is 2.91. The number of benzene rings is 1. The first kappa shape index (κ1) is 13.1. The molecule has 18 heavy (non-hydrogen) atoms. The lowest BCUT2D eigenvalue weighted by atomic mass is 9.91. The van der Waals surface area contributed by atoms with E-state index in [0.29, 0.717) is 5.92 Å². The van der Waals surface area contributed by atoms with E-state index in [1.807, 2.05) is 25.0 Å². The van der Waals surface area contributed by atoms with Crippen LogP contribution in [0.2, 0.25) is 0 Å². The van der Waals surface area contributed by atoms with E-state index in [4.69, 9.17) is 5.73 Å². The highest BCUT2D eigenvalue weighted by Crippen LogP contribution is 2.24. The van der Waals surface area contributed by atoms with Crippen molar-refractivity contribution in [3.63, 3.8) is 0 Å². The van der Waals surface area contributed by atoms with Gasteiger partial charge in [0, 0.05) is 13.1 Å². The number of fused-ring (bicyclic) bond motifs is 1. The van der Waals surface area contributed by atoms with Crippen molar-refractivity contribution in [1.29, 1.82) is 0 Å². The Labute approximate surface area is 108 Å². The van der Waals surface area contributed by atoms with E-state index in [0.717, 1.165) is 24.0 Å². The predicted molar refractivity (Wildman–Crippen MR) is 75.4 cm³/mol. The molecule has 0 bridgehead atoms. The largest absolute Gasteiger partial charge is 0.334 e. The second-order valence-corrected chi connectivity index (χ2v) is 4.86. The van der Waals surface area contributed by atoms with Crippen molar-refractivity contribution < 1.29 is 0 Å². The van der Waals surface area contributed by atoms with E-state index in [1.165, 1.54) is 5.56 Å². The summed E-state index contributed by atoms with van der Waals surface area (Å²) in [6.45, 7) is 3.12. The van der Waals surface area contributed by atoms with Crippen LogP contribution in [0.4, 0.5) is 0 Å². The molecule has 1 aromatic carbocycles. The molecule has 0 aliphatic heterocycles. The lowest BCUT2D eigenvalue weighted by Crippen LogP contribution is -2.29. The molecule has 4 nitrogen and oxygen atoms in total. The van der Waals surface area contributed by atoms with Crippen LogP contribution in [0, 0.1) is 5.92 Å². The molecule has 0 saturated heterocycles. The molecule has 1 heterocycles. The van der Waals surface area contributed by atoms with Crippen LogP contribution in [0.3, 0.4) is 0 Å². The molecule has 1 aromatic heterocycles. The van der Waals surface area contributed by atoms with Gasteiger partial charge in [-0.15, -0.1) is 0 Å². The van der Waals surface area contributed by atoms with E-state index in [-0.39, 0.29) is 6.04 Å². The van der Waals surface area contributed by atoms with Gasteiger partial charge in [-0.3, -0.25) is 0 Å². The van der Waals surface area contributed by atoms with Gasteiger partial charge in [0.1, 0.15) is 0 Å². The molecular formula is C14H22N4. The number of hydrogen-bond donors (Lipinski definition) is 2. The molecule has 0 aliphatic rings. The lowest BCUT2D eigenvalue weighted by Gasteiger charge is -2.22. The number of aryl methyl sites for hydroxylation is 1. The zero-order chi connectivity index (χ0) is 13.1. The number of aromatic nitrogens is 2. The molecule has 2 aromatic rings. The van der Waals surface area contributed by atoms with Crippen LogP contribution in [0.5, 0.6) is 0 Å². The van der Waals surface area contributed by atoms with E-state index in [9.17, 15) is 0 Å². The van der Waals surface area contributed by atoms with Gasteiger partial charge in [-0.2, -0.15) is 0 Å². The highest BCUT2D eigenvalue weighted by atomic mass is 15.0. The summed E-state index contributed by atoms with van der Waals surface area (Å²) in [5.74, 6) is 0.455. The van der Waals surface area contributed by atoms with Crippen molar-refractivity contribution in [2.24, 2.45) is 18.7 Å². The van der Waals surface area contributed by atoms with Crippen molar-refractivity contribution in [2.45, 2.75) is 19.4 Å². The Bertz CT molecular complexity index is 517. The van der Waals surface area contributed by atoms with Crippen LogP contribution in [0.1, 0.15) is 24.9 Å². The van der Waals surface area contributed by atoms with Gasteiger partial charge in [-0.05, 0) is 37.2 Å². The van der Waals surface area contributed by atoms with E-state index < -0.39 is 0 Å². The minimum absolute atomic E-state index is 0.0638. The van der Waals surface area contributed by atoms with Gasteiger partial charge >= 0.3 is 0 Å². The maximum Gasteiger partial charge on any atom is 0.0955 e. The minimum Gasteiger partial charge on any atom is -0.334 e. The zero-order valence-electron chi connectivity index (χ0n) is 11.4. The number of nitrogens with zero attached hydrogens (tertiary/aromatic N) is 2. The van der Waals surface area contributed by atoms with Crippen molar-refractivity contribution in [3.05, 3.63) is 30.1 Å². The van der Waals surface area contributed by atoms with Crippen molar-refractivity contribution >= 4 is 11.0 Å². The van der Waals surface area contributed by atoms with Crippen LogP contribution in [0.15, 0.2) is 24.5 Å². The Hall–Kier alpha value is -1.39. The average Bonchev–Trinajstić information content (AvgIpc) is 2.76. The number of imidazole rings is 1. The zero-order valence-corrected chi connectivity index (χ0v) is 11.4. The van der Waals surface area contributed by atoms with Crippen LogP contribution >= 0.6 is 0 Å². The molecule has 2 unspecified atom stereocenters. The fourth-order valence-corrected chi connectivity index (χ4v) is 2.42. The molecule has 3 N–H and O–H groups in total. The first-order valence-electron chi connectivity index (χ1n) is 6.48. The summed E-state index contributed by atoms with van der Waals surface area (Å²) in [5, 5.41) is 3.21. The summed E-state index contributed by atoms with van der Waals surface area (Å²) in [4.78, 5) is 4.38. The van der Waals surface area contributed by atoms with Gasteiger partial charge in [0.15, 0.2) is 0 Å². The number of nitrogens with one attached hydrogen (secondary N) is 1. The quantitative estimate of drug-likeness (QED) is 0.846. The lowest BCUT2D eigenvalue weighted by molar-refractivity contribution is 0.403. The standard InChI is InChI=1S/C14H22N4/c1-4-10(8-16-2)14(15)11-5-6-13-12(7-11)17-9-18(13)3/h5-7,9-10,14,16H,4,8,15H2,1-3H3. The third kappa shape index (κ3) is 2.40. The van der Waals surface area contributed by atoms with Gasteiger partial charge in [-0.25, -0.2) is 4.98 Å². The third-order valence-corrected chi connectivity index (χ3v) is 3.63. The molecule has 0 aliphatic carbocycles. The number of nitrogens with two attached hydrogens (primary N) is 1. The summed E-state index contributed by atoms with van der Waals surface area (Å²) in [5.41, 5.74) is 9.69. The van der Waals surface area contributed by atoms with Gasteiger partial charge < -0.3 is 15.6 Å². The highest BCUT2D eigenvalue weighted by Gasteiger charge is 2.17. The number of rotatable bonds is 5. The Kier molecular flexibility index (Phi) is 3.99. The predicted octanol–water partition coefficient (Wildman–Crippen LogP) is 1.82. The third-order valence-electron chi connectivity index (χ3n) is 3.63. The molecule has 0 spiro atoms. The maximum absolute atomic E-state index is 6.36. The molecule has 98 valence electrons. The van der Waals surface area contributed by atoms with E-state index in [2.05, 4.69) is 35.4 Å². The number of hydrogen-bond acceptors (Lipinski definition) is 3. The van der Waals surface area contributed by atoms with Crippen molar-refractivity contribution in [3.8, 4) is 0 Å². The van der Waals surface area contributed by atoms with Gasteiger partial charge in [-0.1, -0.05) is 19.4 Å². The highest BCUT2D eigenvalue weighted by molar-refractivity contribution is 5.76. The van der Waals surface area contributed by atoms with Crippen LogP contribution in [0.25, 0.3) is 11.0 Å². The molecule has 4 heteroatoms. The van der Waals surface area contributed by atoms with Gasteiger partial charge in [0.05, 0.1) is 17.4 Å². The monoisotopic (exact) mass is 246 g/mol. The fraction of sp³-hybridized carbons (Fsp3) is 0.500.